The van der Waals surface area contributed by atoms with E-state index in [1.807, 2.05) is 0 Å². The largest absolute Gasteiger partial charge is 0.397 e. The highest BCUT2D eigenvalue weighted by molar-refractivity contribution is 6.36. The maximum Gasteiger partial charge on any atom is 0.149 e. The first-order chi connectivity index (χ1) is 8.06. The predicted molar refractivity (Wildman–Crippen MR) is 73.4 cm³/mol. The highest BCUT2D eigenvalue weighted by Crippen LogP contribution is 2.30. The normalized spacial score (nSPS) is 10.3. The maximum atomic E-state index is 6.01. The molecule has 6 heteroatoms. The zero-order valence-corrected chi connectivity index (χ0v) is 10.8. The first kappa shape index (κ1) is 12.3. The first-order valence-corrected chi connectivity index (χ1v) is 5.83. The molecule has 17 heavy (non-hydrogen) atoms. The first-order valence-electron chi connectivity index (χ1n) is 4.69. The standard InChI is InChI=1S/C11H8Cl3N3/c12-6-1-2-8(13)10(3-6)17-11-9(14)4-7(15)5-16-11/h1-5H,15H2,(H,16,17). The van der Waals surface area contributed by atoms with Crippen LogP contribution in [0.3, 0.4) is 0 Å². The molecule has 0 unspecified atom stereocenters. The summed E-state index contributed by atoms with van der Waals surface area (Å²) in [5.41, 5.74) is 6.69. The Morgan fingerprint density at radius 2 is 1.82 bits per heavy atom. The van der Waals surface area contributed by atoms with Crippen molar-refractivity contribution in [1.82, 2.24) is 4.98 Å². The molecule has 3 N–H and O–H groups in total. The molecule has 0 fully saturated rings. The van der Waals surface area contributed by atoms with Crippen LogP contribution in [-0.4, -0.2) is 4.98 Å². The highest BCUT2D eigenvalue weighted by Gasteiger charge is 2.06. The number of benzene rings is 1. The molecule has 0 aliphatic carbocycles. The molecule has 0 bridgehead atoms. The molecule has 0 aliphatic heterocycles. The Labute approximate surface area is 114 Å². The molecule has 0 saturated heterocycles. The van der Waals surface area contributed by atoms with Crippen molar-refractivity contribution in [2.45, 2.75) is 0 Å². The van der Waals surface area contributed by atoms with Gasteiger partial charge in [0.15, 0.2) is 0 Å². The zero-order valence-electron chi connectivity index (χ0n) is 8.55. The number of nitrogen functional groups attached to an aromatic ring is 1. The molecule has 2 rings (SSSR count). The van der Waals surface area contributed by atoms with Gasteiger partial charge in [-0.25, -0.2) is 4.98 Å². The van der Waals surface area contributed by atoms with Crippen LogP contribution in [0.4, 0.5) is 17.2 Å². The van der Waals surface area contributed by atoms with Crippen LogP contribution in [0.25, 0.3) is 0 Å². The highest BCUT2D eigenvalue weighted by atomic mass is 35.5. The van der Waals surface area contributed by atoms with Crippen molar-refractivity contribution in [2.75, 3.05) is 11.1 Å². The molecule has 0 atom stereocenters. The average Bonchev–Trinajstić information content (AvgIpc) is 2.27. The van der Waals surface area contributed by atoms with Crippen molar-refractivity contribution in [3.8, 4) is 0 Å². The van der Waals surface area contributed by atoms with Gasteiger partial charge in [-0.15, -0.1) is 0 Å². The van der Waals surface area contributed by atoms with Crippen LogP contribution in [-0.2, 0) is 0 Å². The monoisotopic (exact) mass is 287 g/mol. The Morgan fingerprint density at radius 1 is 1.06 bits per heavy atom. The van der Waals surface area contributed by atoms with Gasteiger partial charge in [0.05, 0.1) is 27.6 Å². The molecule has 1 heterocycles. The van der Waals surface area contributed by atoms with Gasteiger partial charge in [0.25, 0.3) is 0 Å². The van der Waals surface area contributed by atoms with Gasteiger partial charge < -0.3 is 11.1 Å². The van der Waals surface area contributed by atoms with Crippen LogP contribution >= 0.6 is 34.8 Å². The van der Waals surface area contributed by atoms with Crippen molar-refractivity contribution in [3.63, 3.8) is 0 Å². The summed E-state index contributed by atoms with van der Waals surface area (Å²) < 4.78 is 0. The van der Waals surface area contributed by atoms with Gasteiger partial charge in [-0.3, -0.25) is 0 Å². The van der Waals surface area contributed by atoms with E-state index in [0.717, 1.165) is 0 Å². The van der Waals surface area contributed by atoms with Crippen LogP contribution in [0, 0.1) is 0 Å². The minimum atomic E-state index is 0.418. The SMILES string of the molecule is Nc1cnc(Nc2cc(Cl)ccc2Cl)c(Cl)c1. The number of rotatable bonds is 2. The Morgan fingerprint density at radius 3 is 2.53 bits per heavy atom. The molecular weight excluding hydrogens is 281 g/mol. The van der Waals surface area contributed by atoms with Gasteiger partial charge in [-0.2, -0.15) is 0 Å². The topological polar surface area (TPSA) is 50.9 Å². The number of hydrogen-bond donors (Lipinski definition) is 2. The van der Waals surface area contributed by atoms with Gasteiger partial charge >= 0.3 is 0 Å². The van der Waals surface area contributed by atoms with E-state index in [2.05, 4.69) is 10.3 Å². The third kappa shape index (κ3) is 2.94. The average molecular weight is 289 g/mol. The molecule has 3 nitrogen and oxygen atoms in total. The number of nitrogens with one attached hydrogen (secondary N) is 1. The Balaban J connectivity index is 2.34. The number of pyridine rings is 1. The lowest BCUT2D eigenvalue weighted by Gasteiger charge is -2.09. The van der Waals surface area contributed by atoms with Crippen LogP contribution < -0.4 is 11.1 Å². The summed E-state index contributed by atoms with van der Waals surface area (Å²) in [6, 6.07) is 6.69. The molecular formula is C11H8Cl3N3. The number of nitrogens with two attached hydrogens (primary N) is 1. The minimum Gasteiger partial charge on any atom is -0.397 e. The van der Waals surface area contributed by atoms with E-state index in [9.17, 15) is 0 Å². The van der Waals surface area contributed by atoms with Crippen molar-refractivity contribution >= 4 is 52.0 Å². The summed E-state index contributed by atoms with van der Waals surface area (Å²) in [5, 5.41) is 4.52. The molecule has 0 saturated carbocycles. The number of anilines is 3. The van der Waals surface area contributed by atoms with Crippen molar-refractivity contribution in [2.24, 2.45) is 0 Å². The van der Waals surface area contributed by atoms with Crippen LogP contribution in [0.15, 0.2) is 30.5 Å². The van der Waals surface area contributed by atoms with Crippen LogP contribution in [0.2, 0.25) is 15.1 Å². The molecule has 88 valence electrons. The van der Waals surface area contributed by atoms with E-state index < -0.39 is 0 Å². The maximum absolute atomic E-state index is 6.01. The minimum absolute atomic E-state index is 0.418. The van der Waals surface area contributed by atoms with E-state index in [4.69, 9.17) is 40.5 Å². The van der Waals surface area contributed by atoms with Crippen molar-refractivity contribution < 1.29 is 0 Å². The number of nitrogens with zero attached hydrogens (tertiary/aromatic N) is 1. The van der Waals surface area contributed by atoms with E-state index in [1.54, 1.807) is 24.3 Å². The number of aromatic nitrogens is 1. The molecule has 0 radical (unpaired) electrons. The van der Waals surface area contributed by atoms with E-state index in [-0.39, 0.29) is 0 Å². The second-order valence-corrected chi connectivity index (χ2v) is 4.60. The second-order valence-electron chi connectivity index (χ2n) is 3.35. The summed E-state index contributed by atoms with van der Waals surface area (Å²) in [7, 11) is 0. The van der Waals surface area contributed by atoms with Crippen molar-refractivity contribution in [3.05, 3.63) is 45.5 Å². The fourth-order valence-corrected chi connectivity index (χ4v) is 1.82. The summed E-state index contributed by atoms with van der Waals surface area (Å²) >= 11 is 17.9. The molecule has 1 aromatic heterocycles. The third-order valence-corrected chi connectivity index (χ3v) is 2.90. The molecule has 2 aromatic rings. The van der Waals surface area contributed by atoms with E-state index >= 15 is 0 Å². The van der Waals surface area contributed by atoms with Gasteiger partial charge in [0.2, 0.25) is 0 Å². The number of hydrogen-bond acceptors (Lipinski definition) is 3. The van der Waals surface area contributed by atoms with E-state index in [1.165, 1.54) is 6.20 Å². The quantitative estimate of drug-likeness (QED) is 0.863. The van der Waals surface area contributed by atoms with Crippen molar-refractivity contribution in [1.29, 1.82) is 0 Å². The summed E-state index contributed by atoms with van der Waals surface area (Å²) in [5.74, 6) is 0.477. The number of halogens is 3. The molecule has 0 amide bonds. The van der Waals surface area contributed by atoms with Gasteiger partial charge in [-0.1, -0.05) is 34.8 Å². The molecule has 1 aromatic carbocycles. The van der Waals surface area contributed by atoms with Gasteiger partial charge in [0.1, 0.15) is 5.82 Å². The van der Waals surface area contributed by atoms with Gasteiger partial charge in [-0.05, 0) is 24.3 Å². The summed E-state index contributed by atoms with van der Waals surface area (Å²) in [4.78, 5) is 4.07. The Bertz CT molecular complexity index is 558. The lowest BCUT2D eigenvalue weighted by Crippen LogP contribution is -1.96. The summed E-state index contributed by atoms with van der Waals surface area (Å²) in [6.45, 7) is 0. The third-order valence-electron chi connectivity index (χ3n) is 2.04. The van der Waals surface area contributed by atoms with Crippen LogP contribution in [0.1, 0.15) is 0 Å². The smallest absolute Gasteiger partial charge is 0.149 e. The Hall–Kier alpha value is -1.16. The van der Waals surface area contributed by atoms with E-state index in [0.29, 0.717) is 32.3 Å². The fourth-order valence-electron chi connectivity index (χ4n) is 1.27. The lowest BCUT2D eigenvalue weighted by atomic mass is 10.3. The van der Waals surface area contributed by atoms with Crippen LogP contribution in [0.5, 0.6) is 0 Å². The second kappa shape index (κ2) is 5.00. The fraction of sp³-hybridized carbons (Fsp3) is 0. The molecule has 0 spiro atoms. The zero-order chi connectivity index (χ0) is 12.4. The Kier molecular flexibility index (Phi) is 3.62. The summed E-state index contributed by atoms with van der Waals surface area (Å²) in [6.07, 6.45) is 1.51. The molecule has 0 aliphatic rings. The lowest BCUT2D eigenvalue weighted by molar-refractivity contribution is 1.31. The predicted octanol–water partition coefficient (Wildman–Crippen LogP) is 4.37. The van der Waals surface area contributed by atoms with Gasteiger partial charge in [0, 0.05) is 5.02 Å².